The molecule has 4 heterocycles. The maximum absolute atomic E-state index is 3.92. The summed E-state index contributed by atoms with van der Waals surface area (Å²) in [7, 11) is 0. The summed E-state index contributed by atoms with van der Waals surface area (Å²) < 4.78 is 0. The largest absolute Gasteiger partial charge is 0.364 e. The second kappa shape index (κ2) is 14.1. The van der Waals surface area contributed by atoms with E-state index in [0.717, 1.165) is 17.1 Å². The topological polar surface area (TPSA) is 18.5 Å². The van der Waals surface area contributed by atoms with Gasteiger partial charge in [0.15, 0.2) is 0 Å². The van der Waals surface area contributed by atoms with Gasteiger partial charge in [-0.3, -0.25) is 0 Å². The van der Waals surface area contributed by atoms with Crippen molar-refractivity contribution < 1.29 is 0 Å². The third-order valence-corrected chi connectivity index (χ3v) is 19.1. The molecule has 11 atom stereocenters. The monoisotopic (exact) mass is 785 g/mol. The standard InChI is InChI=1S/C54H63N3S/c1-2-10-37(11-3-1)56-49-16-8-5-13-40(49)45-29-34(21-26-50(45)56)36-19-24-42-41-23-18-35(33-20-25-48-44(28-33)39-12-4-7-15-47(39)55-48)30-51(41)57(52(42)31-36)38-22-27-54-46(32-38)43-14-6-9-17-53(43)58-54/h1-3,6,10,14,22,25,27,29-33,37,41-45,50-53,55H,4-5,7-9,11-13,15-21,23-24,26,28H2. The molecule has 0 saturated carbocycles. The highest BCUT2D eigenvalue weighted by molar-refractivity contribution is 8.00. The van der Waals surface area contributed by atoms with E-state index in [1.807, 2.05) is 5.57 Å². The summed E-state index contributed by atoms with van der Waals surface area (Å²) in [6.07, 6.45) is 50.6. The van der Waals surface area contributed by atoms with Crippen molar-refractivity contribution >= 4 is 17.4 Å². The molecule has 300 valence electrons. The van der Waals surface area contributed by atoms with Gasteiger partial charge in [-0.1, -0.05) is 66.3 Å². The molecule has 0 aromatic heterocycles. The Bertz CT molecular complexity index is 2190. The van der Waals surface area contributed by atoms with Gasteiger partial charge in [0.05, 0.1) is 18.1 Å². The lowest BCUT2D eigenvalue weighted by molar-refractivity contribution is 0.194. The summed E-state index contributed by atoms with van der Waals surface area (Å²) in [6, 6.07) is 9.99. The van der Waals surface area contributed by atoms with Crippen molar-refractivity contribution in [3.05, 3.63) is 129 Å². The Labute approximate surface area is 352 Å². The molecule has 1 aromatic rings. The first-order valence-corrected chi connectivity index (χ1v) is 25.0. The molecule has 1 aromatic carbocycles. The highest BCUT2D eigenvalue weighted by Crippen LogP contribution is 2.57. The molecule has 3 nitrogen and oxygen atoms in total. The van der Waals surface area contributed by atoms with E-state index in [4.69, 9.17) is 0 Å². The van der Waals surface area contributed by atoms with Crippen molar-refractivity contribution in [3.8, 4) is 0 Å². The predicted molar refractivity (Wildman–Crippen MR) is 240 cm³/mol. The van der Waals surface area contributed by atoms with Crippen LogP contribution in [0.2, 0.25) is 0 Å². The molecule has 1 N–H and O–H groups in total. The zero-order valence-corrected chi connectivity index (χ0v) is 35.4. The first kappa shape index (κ1) is 35.4. The molecule has 11 unspecified atom stereocenters. The van der Waals surface area contributed by atoms with Gasteiger partial charge in [0.2, 0.25) is 0 Å². The van der Waals surface area contributed by atoms with E-state index in [0.29, 0.717) is 47.8 Å². The normalized spacial score (nSPS) is 39.3. The van der Waals surface area contributed by atoms with Gasteiger partial charge in [0, 0.05) is 56.7 Å². The molecule has 8 aliphatic carbocycles. The van der Waals surface area contributed by atoms with Crippen molar-refractivity contribution in [1.29, 1.82) is 0 Å². The van der Waals surface area contributed by atoms with Gasteiger partial charge >= 0.3 is 0 Å². The van der Waals surface area contributed by atoms with Crippen LogP contribution in [0.15, 0.2) is 129 Å². The van der Waals surface area contributed by atoms with E-state index in [-0.39, 0.29) is 0 Å². The van der Waals surface area contributed by atoms with Gasteiger partial charge in [-0.25, -0.2) is 0 Å². The lowest BCUT2D eigenvalue weighted by Crippen LogP contribution is -2.42. The lowest BCUT2D eigenvalue weighted by Gasteiger charge is -2.40. The summed E-state index contributed by atoms with van der Waals surface area (Å²) in [4.78, 5) is 7.49. The Hall–Kier alpha value is -3.37. The van der Waals surface area contributed by atoms with Crippen molar-refractivity contribution in [3.63, 3.8) is 0 Å². The number of thioether (sulfide) groups is 1. The quantitative estimate of drug-likeness (QED) is 0.306. The van der Waals surface area contributed by atoms with E-state index in [2.05, 4.69) is 106 Å². The summed E-state index contributed by atoms with van der Waals surface area (Å²) in [6.45, 7) is 0. The number of fused-ring (bicyclic) bond motifs is 10. The maximum Gasteiger partial charge on any atom is 0.0517 e. The molecule has 4 heteroatoms. The number of anilines is 1. The third-order valence-electron chi connectivity index (χ3n) is 17.7. The van der Waals surface area contributed by atoms with E-state index in [1.54, 1.807) is 49.8 Å². The van der Waals surface area contributed by atoms with Crippen LogP contribution in [-0.4, -0.2) is 34.3 Å². The zero-order valence-electron chi connectivity index (χ0n) is 34.6. The highest BCUT2D eigenvalue weighted by Gasteiger charge is 2.51. The van der Waals surface area contributed by atoms with Crippen LogP contribution in [-0.2, 0) is 0 Å². The minimum Gasteiger partial charge on any atom is -0.364 e. The molecule has 0 amide bonds. The fourth-order valence-electron chi connectivity index (χ4n) is 15.1. The molecule has 4 aliphatic heterocycles. The Balaban J connectivity index is 0.852. The second-order valence-corrected chi connectivity index (χ2v) is 21.7. The summed E-state index contributed by atoms with van der Waals surface area (Å²) in [5.41, 5.74) is 16.9. The maximum atomic E-state index is 3.92. The van der Waals surface area contributed by atoms with Gasteiger partial charge in [0.1, 0.15) is 0 Å². The third kappa shape index (κ3) is 5.58. The molecule has 0 bridgehead atoms. The fourth-order valence-corrected chi connectivity index (χ4v) is 16.5. The van der Waals surface area contributed by atoms with Crippen molar-refractivity contribution in [2.75, 3.05) is 4.90 Å². The number of benzene rings is 1. The fraction of sp³-hybridized carbons (Fsp3) is 0.556. The van der Waals surface area contributed by atoms with Gasteiger partial charge in [-0.15, -0.1) is 11.8 Å². The minimum absolute atomic E-state index is 0.494. The van der Waals surface area contributed by atoms with Crippen LogP contribution in [0.4, 0.5) is 5.69 Å². The number of nitrogens with one attached hydrogen (secondary N) is 1. The van der Waals surface area contributed by atoms with Gasteiger partial charge in [-0.2, -0.15) is 0 Å². The number of allylic oxidation sites excluding steroid dienone is 11. The van der Waals surface area contributed by atoms with Crippen LogP contribution < -0.4 is 10.2 Å². The summed E-state index contributed by atoms with van der Waals surface area (Å²) in [5, 5.41) is 4.64. The Kier molecular flexibility index (Phi) is 8.61. The average molecular weight is 786 g/mol. The molecule has 0 spiro atoms. The number of rotatable bonds is 4. The summed E-state index contributed by atoms with van der Waals surface area (Å²) in [5.74, 6) is 4.09. The molecule has 13 rings (SSSR count). The van der Waals surface area contributed by atoms with Crippen LogP contribution in [0.5, 0.6) is 0 Å². The van der Waals surface area contributed by atoms with Crippen LogP contribution >= 0.6 is 11.8 Å². The van der Waals surface area contributed by atoms with Crippen molar-refractivity contribution in [2.24, 2.45) is 29.6 Å². The number of nitrogens with zero attached hydrogens (tertiary/aromatic N) is 2. The van der Waals surface area contributed by atoms with E-state index >= 15 is 0 Å². The van der Waals surface area contributed by atoms with Crippen molar-refractivity contribution in [2.45, 2.75) is 162 Å². The smallest absolute Gasteiger partial charge is 0.0517 e. The molecule has 1 fully saturated rings. The number of hydrogen-bond acceptors (Lipinski definition) is 4. The second-order valence-electron chi connectivity index (χ2n) is 20.4. The molecular weight excluding hydrogens is 723 g/mol. The molecule has 12 aliphatic rings. The first-order chi connectivity index (χ1) is 28.7. The lowest BCUT2D eigenvalue weighted by atomic mass is 9.69. The molecule has 58 heavy (non-hydrogen) atoms. The SMILES string of the molecule is C1=CCC(N2C3=C(CCCC3)C3C=C(C4=CC5C(CC4)C4CCC(C6CC=C7NC8=C(CCCC8)C7C6)=CC4N5c4ccc5c(c4)C4C=CCCC4S5)CCC32)C=C1. The van der Waals surface area contributed by atoms with Crippen LogP contribution in [0.1, 0.15) is 133 Å². The van der Waals surface area contributed by atoms with Crippen LogP contribution in [0, 0.1) is 29.6 Å². The first-order valence-electron chi connectivity index (χ1n) is 24.1. The number of hydrogen-bond donors (Lipinski definition) is 1. The Morgan fingerprint density at radius 2 is 1.53 bits per heavy atom. The van der Waals surface area contributed by atoms with E-state index < -0.39 is 0 Å². The van der Waals surface area contributed by atoms with Gasteiger partial charge in [0.25, 0.3) is 0 Å². The van der Waals surface area contributed by atoms with Gasteiger partial charge in [-0.05, 0) is 186 Å². The van der Waals surface area contributed by atoms with Crippen molar-refractivity contribution in [1.82, 2.24) is 10.2 Å². The van der Waals surface area contributed by atoms with Crippen LogP contribution in [0.3, 0.4) is 0 Å². The molecule has 1 saturated heterocycles. The highest BCUT2D eigenvalue weighted by atomic mass is 32.2. The Morgan fingerprint density at radius 3 is 2.47 bits per heavy atom. The molecule has 0 radical (unpaired) electrons. The zero-order chi connectivity index (χ0) is 37.9. The summed E-state index contributed by atoms with van der Waals surface area (Å²) >= 11 is 2.17. The average Bonchev–Trinajstić information content (AvgIpc) is 4.03. The minimum atomic E-state index is 0.494. The molecular formula is C54H63N3S. The van der Waals surface area contributed by atoms with Crippen LogP contribution in [0.25, 0.3) is 0 Å². The van der Waals surface area contributed by atoms with E-state index in [1.165, 1.54) is 128 Å². The van der Waals surface area contributed by atoms with Gasteiger partial charge < -0.3 is 15.1 Å². The van der Waals surface area contributed by atoms with E-state index in [9.17, 15) is 0 Å². The Morgan fingerprint density at radius 1 is 0.690 bits per heavy atom. The predicted octanol–water partition coefficient (Wildman–Crippen LogP) is 12.9.